The van der Waals surface area contributed by atoms with Crippen molar-refractivity contribution in [2.24, 2.45) is 0 Å². The van der Waals surface area contributed by atoms with Crippen LogP contribution in [-0.4, -0.2) is 16.0 Å². The van der Waals surface area contributed by atoms with E-state index in [1.165, 1.54) is 6.07 Å². The standard InChI is InChI=1S/C16H16O3/c1-2-12-9-13(16(19)10-14(12)17)15(18)8-11-6-4-3-5-7-11/h3-7,9-10,17,19H,2,8H2,1H3. The molecule has 0 aliphatic carbocycles. The zero-order valence-electron chi connectivity index (χ0n) is 10.8. The lowest BCUT2D eigenvalue weighted by Gasteiger charge is -2.08. The van der Waals surface area contributed by atoms with Crippen molar-refractivity contribution in [2.45, 2.75) is 19.8 Å². The van der Waals surface area contributed by atoms with Crippen LogP contribution in [0.25, 0.3) is 0 Å². The van der Waals surface area contributed by atoms with Gasteiger partial charge in [-0.3, -0.25) is 4.79 Å². The third kappa shape index (κ3) is 2.94. The van der Waals surface area contributed by atoms with E-state index < -0.39 is 0 Å². The number of phenols is 2. The number of carbonyl (C=O) groups is 1. The topological polar surface area (TPSA) is 57.5 Å². The third-order valence-electron chi connectivity index (χ3n) is 3.09. The van der Waals surface area contributed by atoms with Crippen LogP contribution in [0.15, 0.2) is 42.5 Å². The fraction of sp³-hybridized carbons (Fsp3) is 0.188. The van der Waals surface area contributed by atoms with Gasteiger partial charge in [0.1, 0.15) is 11.5 Å². The molecule has 0 spiro atoms. The zero-order valence-corrected chi connectivity index (χ0v) is 10.8. The van der Waals surface area contributed by atoms with E-state index in [-0.39, 0.29) is 29.3 Å². The average Bonchev–Trinajstić information content (AvgIpc) is 2.40. The van der Waals surface area contributed by atoms with Gasteiger partial charge in [-0.25, -0.2) is 0 Å². The van der Waals surface area contributed by atoms with Crippen molar-refractivity contribution < 1.29 is 15.0 Å². The van der Waals surface area contributed by atoms with E-state index in [2.05, 4.69) is 0 Å². The van der Waals surface area contributed by atoms with Crippen LogP contribution in [0.1, 0.15) is 28.4 Å². The molecule has 0 saturated heterocycles. The Hall–Kier alpha value is -2.29. The van der Waals surface area contributed by atoms with Crippen LogP contribution in [0.2, 0.25) is 0 Å². The second kappa shape index (κ2) is 5.57. The molecule has 0 atom stereocenters. The number of benzene rings is 2. The first kappa shape index (κ1) is 13.1. The van der Waals surface area contributed by atoms with Gasteiger partial charge in [0.2, 0.25) is 0 Å². The van der Waals surface area contributed by atoms with Gasteiger partial charge in [0, 0.05) is 12.5 Å². The number of Topliss-reactive ketones (excluding diaryl/α,β-unsaturated/α-hetero) is 1. The summed E-state index contributed by atoms with van der Waals surface area (Å²) in [5, 5.41) is 19.4. The smallest absolute Gasteiger partial charge is 0.170 e. The number of ketones is 1. The largest absolute Gasteiger partial charge is 0.508 e. The molecule has 0 saturated carbocycles. The highest BCUT2D eigenvalue weighted by atomic mass is 16.3. The molecule has 2 N–H and O–H groups in total. The van der Waals surface area contributed by atoms with Crippen molar-refractivity contribution in [2.75, 3.05) is 0 Å². The van der Waals surface area contributed by atoms with Gasteiger partial charge in [0.05, 0.1) is 5.56 Å². The Labute approximate surface area is 112 Å². The first-order valence-electron chi connectivity index (χ1n) is 6.23. The molecule has 19 heavy (non-hydrogen) atoms. The number of aromatic hydroxyl groups is 2. The molecule has 0 aromatic heterocycles. The first-order chi connectivity index (χ1) is 9.11. The van der Waals surface area contributed by atoms with Crippen LogP contribution in [0, 0.1) is 0 Å². The normalized spacial score (nSPS) is 10.4. The van der Waals surface area contributed by atoms with Crippen molar-refractivity contribution in [3.63, 3.8) is 0 Å². The highest BCUT2D eigenvalue weighted by Crippen LogP contribution is 2.28. The van der Waals surface area contributed by atoms with Gasteiger partial charge in [-0.05, 0) is 23.6 Å². The highest BCUT2D eigenvalue weighted by Gasteiger charge is 2.14. The Morgan fingerprint density at radius 2 is 1.74 bits per heavy atom. The summed E-state index contributed by atoms with van der Waals surface area (Å²) in [5.74, 6) is -0.301. The Morgan fingerprint density at radius 3 is 2.37 bits per heavy atom. The van der Waals surface area contributed by atoms with Gasteiger partial charge in [-0.2, -0.15) is 0 Å². The summed E-state index contributed by atoms with van der Waals surface area (Å²) in [6.07, 6.45) is 0.847. The molecule has 0 radical (unpaired) electrons. The zero-order chi connectivity index (χ0) is 13.8. The highest BCUT2D eigenvalue weighted by molar-refractivity contribution is 6.00. The second-order valence-electron chi connectivity index (χ2n) is 4.44. The number of phenolic OH excluding ortho intramolecular Hbond substituents is 2. The van der Waals surface area contributed by atoms with Gasteiger partial charge >= 0.3 is 0 Å². The van der Waals surface area contributed by atoms with Gasteiger partial charge < -0.3 is 10.2 Å². The predicted octanol–water partition coefficient (Wildman–Crippen LogP) is 3.09. The average molecular weight is 256 g/mol. The molecule has 3 nitrogen and oxygen atoms in total. The van der Waals surface area contributed by atoms with Crippen LogP contribution in [-0.2, 0) is 12.8 Å². The maximum Gasteiger partial charge on any atom is 0.170 e. The summed E-state index contributed by atoms with van der Waals surface area (Å²) in [6.45, 7) is 1.89. The van der Waals surface area contributed by atoms with Crippen LogP contribution in [0.5, 0.6) is 11.5 Å². The number of aryl methyl sites for hydroxylation is 1. The van der Waals surface area contributed by atoms with Crippen molar-refractivity contribution in [1.29, 1.82) is 0 Å². The quantitative estimate of drug-likeness (QED) is 0.826. The molecule has 0 unspecified atom stereocenters. The van der Waals surface area contributed by atoms with Crippen molar-refractivity contribution in [1.82, 2.24) is 0 Å². The lowest BCUT2D eigenvalue weighted by atomic mass is 9.99. The van der Waals surface area contributed by atoms with Crippen LogP contribution in [0.3, 0.4) is 0 Å². The minimum absolute atomic E-state index is 0.0243. The Bertz CT molecular complexity index is 588. The number of rotatable bonds is 4. The molecule has 2 rings (SSSR count). The van der Waals surface area contributed by atoms with Gasteiger partial charge in [-0.15, -0.1) is 0 Å². The molecule has 0 bridgehead atoms. The van der Waals surface area contributed by atoms with E-state index in [9.17, 15) is 15.0 Å². The molecule has 98 valence electrons. The third-order valence-corrected chi connectivity index (χ3v) is 3.09. The molecule has 3 heteroatoms. The second-order valence-corrected chi connectivity index (χ2v) is 4.44. The van der Waals surface area contributed by atoms with Crippen molar-refractivity contribution in [3.8, 4) is 11.5 Å². The van der Waals surface area contributed by atoms with Crippen LogP contribution < -0.4 is 0 Å². The van der Waals surface area contributed by atoms with E-state index in [0.717, 1.165) is 5.56 Å². The molecule has 0 heterocycles. The fourth-order valence-corrected chi connectivity index (χ4v) is 2.01. The van der Waals surface area contributed by atoms with Crippen LogP contribution >= 0.6 is 0 Å². The molecule has 0 aliphatic heterocycles. The van der Waals surface area contributed by atoms with Crippen molar-refractivity contribution >= 4 is 5.78 Å². The summed E-state index contributed by atoms with van der Waals surface area (Å²) in [5.41, 5.74) is 1.82. The molecule has 0 fully saturated rings. The van der Waals surface area contributed by atoms with Gasteiger partial charge in [0.25, 0.3) is 0 Å². The minimum atomic E-state index is -0.171. The summed E-state index contributed by atoms with van der Waals surface area (Å²) in [7, 11) is 0. The monoisotopic (exact) mass is 256 g/mol. The maximum absolute atomic E-state index is 12.2. The molecule has 0 aliphatic rings. The number of hydrogen-bond acceptors (Lipinski definition) is 3. The molecule has 2 aromatic carbocycles. The summed E-state index contributed by atoms with van der Waals surface area (Å²) < 4.78 is 0. The predicted molar refractivity (Wildman–Crippen MR) is 73.6 cm³/mol. The number of hydrogen-bond donors (Lipinski definition) is 2. The Balaban J connectivity index is 2.29. The minimum Gasteiger partial charge on any atom is -0.508 e. The number of carbonyl (C=O) groups excluding carboxylic acids is 1. The Morgan fingerprint density at radius 1 is 1.05 bits per heavy atom. The van der Waals surface area contributed by atoms with E-state index in [1.54, 1.807) is 6.07 Å². The molecule has 0 amide bonds. The maximum atomic E-state index is 12.2. The molecule has 2 aromatic rings. The molecular formula is C16H16O3. The summed E-state index contributed by atoms with van der Waals surface area (Å²) in [6, 6.07) is 12.2. The fourth-order valence-electron chi connectivity index (χ4n) is 2.01. The summed E-state index contributed by atoms with van der Waals surface area (Å²) >= 11 is 0. The van der Waals surface area contributed by atoms with Crippen LogP contribution in [0.4, 0.5) is 0 Å². The summed E-state index contributed by atoms with van der Waals surface area (Å²) in [4.78, 5) is 12.2. The van der Waals surface area contributed by atoms with Gasteiger partial charge in [0.15, 0.2) is 5.78 Å². The van der Waals surface area contributed by atoms with E-state index in [1.807, 2.05) is 37.3 Å². The van der Waals surface area contributed by atoms with Gasteiger partial charge in [-0.1, -0.05) is 37.3 Å². The molecular weight excluding hydrogens is 240 g/mol. The van der Waals surface area contributed by atoms with Crippen molar-refractivity contribution in [3.05, 3.63) is 59.2 Å². The lowest BCUT2D eigenvalue weighted by Crippen LogP contribution is -2.04. The lowest BCUT2D eigenvalue weighted by molar-refractivity contribution is 0.0990. The van der Waals surface area contributed by atoms with E-state index in [4.69, 9.17) is 0 Å². The van der Waals surface area contributed by atoms with E-state index >= 15 is 0 Å². The first-order valence-corrected chi connectivity index (χ1v) is 6.23. The Kier molecular flexibility index (Phi) is 3.85. The van der Waals surface area contributed by atoms with E-state index in [0.29, 0.717) is 12.0 Å². The SMILES string of the molecule is CCc1cc(C(=O)Cc2ccccc2)c(O)cc1O.